The van der Waals surface area contributed by atoms with E-state index in [2.05, 4.69) is 0 Å². The molecule has 1 aromatic carbocycles. The molecule has 1 fully saturated rings. The Labute approximate surface area is 95.7 Å². The van der Waals surface area contributed by atoms with Crippen molar-refractivity contribution in [3.8, 4) is 0 Å². The first-order valence-corrected chi connectivity index (χ1v) is 6.83. The average molecular weight is 238 g/mol. The second kappa shape index (κ2) is 4.80. The molecule has 16 heavy (non-hydrogen) atoms. The minimum atomic E-state index is -3.31. The van der Waals surface area contributed by atoms with Crippen molar-refractivity contribution in [3.05, 3.63) is 41.8 Å². The van der Waals surface area contributed by atoms with Crippen LogP contribution in [0.15, 0.2) is 46.7 Å². The van der Waals surface area contributed by atoms with Gasteiger partial charge in [-0.05, 0) is 31.1 Å². The lowest BCUT2D eigenvalue weighted by Crippen LogP contribution is -2.02. The van der Waals surface area contributed by atoms with Gasteiger partial charge in [-0.3, -0.25) is 0 Å². The molecule has 0 saturated carbocycles. The molecule has 2 rings (SSSR count). The van der Waals surface area contributed by atoms with Crippen LogP contribution >= 0.6 is 0 Å². The molecule has 0 spiro atoms. The Bertz CT molecular complexity index is 456. The summed E-state index contributed by atoms with van der Waals surface area (Å²) in [6, 6.07) is 8.41. The van der Waals surface area contributed by atoms with Crippen LogP contribution in [0.3, 0.4) is 0 Å². The van der Waals surface area contributed by atoms with Crippen LogP contribution in [0.2, 0.25) is 0 Å². The van der Waals surface area contributed by atoms with E-state index in [0.717, 1.165) is 19.4 Å². The Morgan fingerprint density at radius 2 is 2.00 bits per heavy atom. The molecule has 0 unspecified atom stereocenters. The normalized spacial score (nSPS) is 21.6. The molecule has 1 saturated heterocycles. The van der Waals surface area contributed by atoms with Crippen LogP contribution in [0.1, 0.15) is 12.8 Å². The first-order valence-electron chi connectivity index (χ1n) is 5.28. The molecule has 3 nitrogen and oxygen atoms in total. The van der Waals surface area contributed by atoms with Crippen LogP contribution in [0.5, 0.6) is 0 Å². The second-order valence-corrected chi connectivity index (χ2v) is 5.57. The first-order chi connectivity index (χ1) is 7.68. The van der Waals surface area contributed by atoms with Crippen LogP contribution < -0.4 is 0 Å². The van der Waals surface area contributed by atoms with E-state index < -0.39 is 9.84 Å². The molecule has 0 radical (unpaired) electrons. The number of hydrogen-bond donors (Lipinski definition) is 0. The summed E-state index contributed by atoms with van der Waals surface area (Å²) in [5.41, 5.74) is 0. The van der Waals surface area contributed by atoms with Crippen molar-refractivity contribution in [1.29, 1.82) is 0 Å². The van der Waals surface area contributed by atoms with Gasteiger partial charge in [0.1, 0.15) is 0 Å². The molecule has 4 heteroatoms. The third kappa shape index (κ3) is 2.71. The summed E-state index contributed by atoms with van der Waals surface area (Å²) in [5.74, 6) is 0. The van der Waals surface area contributed by atoms with Crippen molar-refractivity contribution >= 4 is 9.84 Å². The van der Waals surface area contributed by atoms with E-state index in [9.17, 15) is 8.42 Å². The summed E-state index contributed by atoms with van der Waals surface area (Å²) in [5, 5.41) is 1.25. The predicted octanol–water partition coefficient (Wildman–Crippen LogP) is 2.15. The standard InChI is InChI=1S/C12H14O3S/c13-16(14,12-6-2-1-3-7-12)10-8-11-5-4-9-15-11/h1-3,6-8,10-11H,4-5,9H2/b10-8+/t11-/m0/s1. The van der Waals surface area contributed by atoms with Crippen molar-refractivity contribution in [1.82, 2.24) is 0 Å². The Morgan fingerprint density at radius 1 is 1.25 bits per heavy atom. The summed E-state index contributed by atoms with van der Waals surface area (Å²) < 4.78 is 29.0. The SMILES string of the molecule is O=S(=O)(/C=C/[C@@H]1CCCO1)c1ccccc1. The van der Waals surface area contributed by atoms with Gasteiger partial charge in [0, 0.05) is 12.0 Å². The third-order valence-electron chi connectivity index (χ3n) is 2.51. The maximum atomic E-state index is 11.8. The van der Waals surface area contributed by atoms with Gasteiger partial charge < -0.3 is 4.74 Å². The Balaban J connectivity index is 2.14. The number of benzene rings is 1. The van der Waals surface area contributed by atoms with Crippen LogP contribution in [0.25, 0.3) is 0 Å². The number of sulfone groups is 1. The van der Waals surface area contributed by atoms with Crippen molar-refractivity contribution in [2.45, 2.75) is 23.8 Å². The summed E-state index contributed by atoms with van der Waals surface area (Å²) in [4.78, 5) is 0.323. The second-order valence-electron chi connectivity index (χ2n) is 3.74. The van der Waals surface area contributed by atoms with E-state index in [1.165, 1.54) is 5.41 Å². The van der Waals surface area contributed by atoms with Crippen molar-refractivity contribution in [2.24, 2.45) is 0 Å². The molecule has 1 aliphatic rings. The monoisotopic (exact) mass is 238 g/mol. The first kappa shape index (κ1) is 11.4. The van der Waals surface area contributed by atoms with Gasteiger partial charge in [0.25, 0.3) is 0 Å². The maximum absolute atomic E-state index is 11.8. The Hall–Kier alpha value is -1.13. The molecule has 1 aromatic rings. The van der Waals surface area contributed by atoms with E-state index in [1.54, 1.807) is 36.4 Å². The molecule has 0 aliphatic carbocycles. The van der Waals surface area contributed by atoms with Crippen LogP contribution in [0.4, 0.5) is 0 Å². The fourth-order valence-electron chi connectivity index (χ4n) is 1.63. The van der Waals surface area contributed by atoms with Crippen molar-refractivity contribution in [3.63, 3.8) is 0 Å². The number of hydrogen-bond acceptors (Lipinski definition) is 3. The zero-order valence-electron chi connectivity index (χ0n) is 8.87. The van der Waals surface area contributed by atoms with Gasteiger partial charge in [0.15, 0.2) is 9.84 Å². The molecule has 0 N–H and O–H groups in total. The lowest BCUT2D eigenvalue weighted by Gasteiger charge is -2.02. The Morgan fingerprint density at radius 3 is 2.62 bits per heavy atom. The molecule has 1 aliphatic heterocycles. The maximum Gasteiger partial charge on any atom is 0.199 e. The van der Waals surface area contributed by atoms with Gasteiger partial charge in [-0.2, -0.15) is 0 Å². The summed E-state index contributed by atoms with van der Waals surface area (Å²) in [6.07, 6.45) is 3.50. The summed E-state index contributed by atoms with van der Waals surface area (Å²) in [7, 11) is -3.31. The summed E-state index contributed by atoms with van der Waals surface area (Å²) >= 11 is 0. The van der Waals surface area contributed by atoms with E-state index in [0.29, 0.717) is 4.90 Å². The van der Waals surface area contributed by atoms with E-state index >= 15 is 0 Å². The summed E-state index contributed by atoms with van der Waals surface area (Å²) in [6.45, 7) is 0.723. The lowest BCUT2D eigenvalue weighted by molar-refractivity contribution is 0.146. The Kier molecular flexibility index (Phi) is 3.41. The number of rotatable bonds is 3. The minimum absolute atomic E-state index is 0.0431. The largest absolute Gasteiger partial charge is 0.374 e. The highest BCUT2D eigenvalue weighted by atomic mass is 32.2. The highest BCUT2D eigenvalue weighted by molar-refractivity contribution is 7.94. The number of ether oxygens (including phenoxy) is 1. The fourth-order valence-corrected chi connectivity index (χ4v) is 2.71. The van der Waals surface area contributed by atoms with Gasteiger partial charge in [0.05, 0.1) is 11.0 Å². The highest BCUT2D eigenvalue weighted by Gasteiger charge is 2.14. The predicted molar refractivity (Wildman–Crippen MR) is 61.7 cm³/mol. The van der Waals surface area contributed by atoms with Gasteiger partial charge in [-0.25, -0.2) is 8.42 Å². The molecule has 0 bridgehead atoms. The molecular formula is C12H14O3S. The van der Waals surface area contributed by atoms with E-state index in [1.807, 2.05) is 0 Å². The van der Waals surface area contributed by atoms with Gasteiger partial charge in [-0.15, -0.1) is 0 Å². The van der Waals surface area contributed by atoms with Gasteiger partial charge in [-0.1, -0.05) is 18.2 Å². The highest BCUT2D eigenvalue weighted by Crippen LogP contribution is 2.16. The molecule has 1 atom stereocenters. The van der Waals surface area contributed by atoms with Crippen LogP contribution in [-0.2, 0) is 14.6 Å². The fraction of sp³-hybridized carbons (Fsp3) is 0.333. The lowest BCUT2D eigenvalue weighted by atomic mass is 10.2. The third-order valence-corrected chi connectivity index (χ3v) is 3.95. The van der Waals surface area contributed by atoms with Crippen LogP contribution in [-0.4, -0.2) is 21.1 Å². The smallest absolute Gasteiger partial charge is 0.199 e. The van der Waals surface area contributed by atoms with E-state index in [4.69, 9.17) is 4.74 Å². The topological polar surface area (TPSA) is 43.4 Å². The molecule has 1 heterocycles. The zero-order chi connectivity index (χ0) is 11.4. The quantitative estimate of drug-likeness (QED) is 0.810. The minimum Gasteiger partial charge on any atom is -0.374 e. The van der Waals surface area contributed by atoms with E-state index in [-0.39, 0.29) is 6.10 Å². The van der Waals surface area contributed by atoms with Crippen LogP contribution in [0, 0.1) is 0 Å². The molecule has 86 valence electrons. The molecule has 0 amide bonds. The zero-order valence-corrected chi connectivity index (χ0v) is 9.69. The van der Waals surface area contributed by atoms with Gasteiger partial charge in [0.2, 0.25) is 0 Å². The molecular weight excluding hydrogens is 224 g/mol. The van der Waals surface area contributed by atoms with Crippen molar-refractivity contribution < 1.29 is 13.2 Å². The van der Waals surface area contributed by atoms with Crippen molar-refractivity contribution in [2.75, 3.05) is 6.61 Å². The average Bonchev–Trinajstić information content (AvgIpc) is 2.81. The van der Waals surface area contributed by atoms with Gasteiger partial charge >= 0.3 is 0 Å². The molecule has 0 aromatic heterocycles.